The van der Waals surface area contributed by atoms with Crippen molar-refractivity contribution in [3.05, 3.63) is 29.3 Å². The zero-order valence-electron chi connectivity index (χ0n) is 14.9. The summed E-state index contributed by atoms with van der Waals surface area (Å²) >= 11 is 7.17. The number of carbonyl (C=O) groups excluding carboxylic acids is 2. The Bertz CT molecular complexity index is 798. The Morgan fingerprint density at radius 2 is 2.11 bits per heavy atom. The van der Waals surface area contributed by atoms with Crippen LogP contribution < -0.4 is 0 Å². The average Bonchev–Trinajstić information content (AvgIpc) is 3.15. The standard InChI is InChI=1S/C17H20ClN5O3S/c1-2-26-16(25)12-4-3-9-22(10-12)15(24)11-27-17-19-20-21-23(17)14-7-5-13(18)6-8-14/h5-8,12H,2-4,9-11H2,1H3/t12-/m1/s1. The SMILES string of the molecule is CCOC(=O)[C@@H]1CCCN(C(=O)CSc2nnnn2-c2ccc(Cl)cc2)C1. The Morgan fingerprint density at radius 3 is 2.85 bits per heavy atom. The van der Waals surface area contributed by atoms with E-state index in [1.165, 1.54) is 11.8 Å². The number of ether oxygens (including phenoxy) is 1. The van der Waals surface area contributed by atoms with E-state index in [1.54, 1.807) is 40.8 Å². The molecule has 10 heteroatoms. The lowest BCUT2D eigenvalue weighted by Gasteiger charge is -2.31. The van der Waals surface area contributed by atoms with Gasteiger partial charge < -0.3 is 9.64 Å². The lowest BCUT2D eigenvalue weighted by Crippen LogP contribution is -2.43. The third-order valence-electron chi connectivity index (χ3n) is 4.23. The number of hydrogen-bond acceptors (Lipinski definition) is 7. The van der Waals surface area contributed by atoms with Gasteiger partial charge in [-0.1, -0.05) is 23.4 Å². The largest absolute Gasteiger partial charge is 0.466 e. The molecule has 1 fully saturated rings. The summed E-state index contributed by atoms with van der Waals surface area (Å²) in [6.07, 6.45) is 1.55. The molecule has 2 heterocycles. The highest BCUT2D eigenvalue weighted by Gasteiger charge is 2.29. The minimum Gasteiger partial charge on any atom is -0.466 e. The molecule has 144 valence electrons. The Kier molecular flexibility index (Phi) is 6.68. The molecule has 1 aromatic carbocycles. The molecule has 0 aliphatic carbocycles. The van der Waals surface area contributed by atoms with Crippen LogP contribution in [0.1, 0.15) is 19.8 Å². The lowest BCUT2D eigenvalue weighted by atomic mass is 9.98. The number of rotatable bonds is 6. The highest BCUT2D eigenvalue weighted by Crippen LogP contribution is 2.22. The molecule has 0 radical (unpaired) electrons. The molecule has 0 unspecified atom stereocenters. The number of likely N-dealkylation sites (tertiary alicyclic amines) is 1. The maximum Gasteiger partial charge on any atom is 0.310 e. The van der Waals surface area contributed by atoms with E-state index in [2.05, 4.69) is 15.5 Å². The maximum absolute atomic E-state index is 12.6. The van der Waals surface area contributed by atoms with Crippen LogP contribution in [0.15, 0.2) is 29.4 Å². The van der Waals surface area contributed by atoms with Crippen molar-refractivity contribution in [3.63, 3.8) is 0 Å². The van der Waals surface area contributed by atoms with Gasteiger partial charge in [-0.3, -0.25) is 9.59 Å². The van der Waals surface area contributed by atoms with Gasteiger partial charge in [0.05, 0.1) is 24.0 Å². The molecule has 1 saturated heterocycles. The van der Waals surface area contributed by atoms with Gasteiger partial charge in [0.25, 0.3) is 0 Å². The van der Waals surface area contributed by atoms with Gasteiger partial charge in [-0.2, -0.15) is 4.68 Å². The first-order valence-electron chi connectivity index (χ1n) is 8.70. The number of nitrogens with zero attached hydrogens (tertiary/aromatic N) is 5. The van der Waals surface area contributed by atoms with Crippen molar-refractivity contribution in [2.45, 2.75) is 24.9 Å². The van der Waals surface area contributed by atoms with Crippen LogP contribution in [0.3, 0.4) is 0 Å². The predicted molar refractivity (Wildman–Crippen MR) is 101 cm³/mol. The van der Waals surface area contributed by atoms with Crippen molar-refractivity contribution in [3.8, 4) is 5.69 Å². The fourth-order valence-electron chi connectivity index (χ4n) is 2.89. The van der Waals surface area contributed by atoms with Crippen LogP contribution in [0.2, 0.25) is 5.02 Å². The van der Waals surface area contributed by atoms with E-state index >= 15 is 0 Å². The Labute approximate surface area is 166 Å². The topological polar surface area (TPSA) is 90.2 Å². The molecule has 1 aromatic heterocycles. The van der Waals surface area contributed by atoms with Crippen LogP contribution in [0.25, 0.3) is 5.69 Å². The second-order valence-electron chi connectivity index (χ2n) is 6.07. The number of benzene rings is 1. The molecule has 1 aliphatic rings. The predicted octanol–water partition coefficient (Wildman–Crippen LogP) is 2.21. The number of piperidine rings is 1. The van der Waals surface area contributed by atoms with E-state index in [1.807, 2.05) is 0 Å². The van der Waals surface area contributed by atoms with Gasteiger partial charge in [-0.05, 0) is 54.5 Å². The molecule has 27 heavy (non-hydrogen) atoms. The van der Waals surface area contributed by atoms with Crippen LogP contribution >= 0.6 is 23.4 Å². The third kappa shape index (κ3) is 4.98. The number of amides is 1. The van der Waals surface area contributed by atoms with Gasteiger partial charge in [-0.15, -0.1) is 5.10 Å². The monoisotopic (exact) mass is 409 g/mol. The molecule has 0 bridgehead atoms. The second kappa shape index (κ2) is 9.18. The summed E-state index contributed by atoms with van der Waals surface area (Å²) in [4.78, 5) is 26.2. The van der Waals surface area contributed by atoms with Crippen molar-refractivity contribution in [2.75, 3.05) is 25.4 Å². The van der Waals surface area contributed by atoms with E-state index in [4.69, 9.17) is 16.3 Å². The fraction of sp³-hybridized carbons (Fsp3) is 0.471. The van der Waals surface area contributed by atoms with Crippen LogP contribution in [-0.2, 0) is 14.3 Å². The summed E-state index contributed by atoms with van der Waals surface area (Å²) in [5.41, 5.74) is 0.764. The molecule has 2 aromatic rings. The van der Waals surface area contributed by atoms with Gasteiger partial charge >= 0.3 is 5.97 Å². The normalized spacial score (nSPS) is 17.0. The van der Waals surface area contributed by atoms with Crippen molar-refractivity contribution in [1.82, 2.24) is 25.1 Å². The number of carbonyl (C=O) groups is 2. The highest BCUT2D eigenvalue weighted by molar-refractivity contribution is 7.99. The van der Waals surface area contributed by atoms with E-state index in [0.29, 0.717) is 29.9 Å². The summed E-state index contributed by atoms with van der Waals surface area (Å²) in [6, 6.07) is 7.11. The van der Waals surface area contributed by atoms with E-state index in [9.17, 15) is 9.59 Å². The summed E-state index contributed by atoms with van der Waals surface area (Å²) in [7, 11) is 0. The molecule has 0 spiro atoms. The van der Waals surface area contributed by atoms with Crippen LogP contribution in [0, 0.1) is 5.92 Å². The first kappa shape index (κ1) is 19.6. The van der Waals surface area contributed by atoms with Crippen LogP contribution in [0.4, 0.5) is 0 Å². The summed E-state index contributed by atoms with van der Waals surface area (Å²) in [5, 5.41) is 12.8. The van der Waals surface area contributed by atoms with E-state index < -0.39 is 0 Å². The smallest absolute Gasteiger partial charge is 0.310 e. The van der Waals surface area contributed by atoms with E-state index in [-0.39, 0.29) is 23.5 Å². The molecule has 3 rings (SSSR count). The third-order valence-corrected chi connectivity index (χ3v) is 5.39. The summed E-state index contributed by atoms with van der Waals surface area (Å²) < 4.78 is 6.64. The lowest BCUT2D eigenvalue weighted by molar-refractivity contribution is -0.151. The fourth-order valence-corrected chi connectivity index (χ4v) is 3.81. The van der Waals surface area contributed by atoms with Crippen molar-refractivity contribution >= 4 is 35.2 Å². The van der Waals surface area contributed by atoms with Gasteiger partial charge in [0.1, 0.15) is 0 Å². The maximum atomic E-state index is 12.6. The Balaban J connectivity index is 1.59. The van der Waals surface area contributed by atoms with Crippen LogP contribution in [0.5, 0.6) is 0 Å². The van der Waals surface area contributed by atoms with E-state index in [0.717, 1.165) is 18.5 Å². The molecule has 1 atom stereocenters. The number of tetrazole rings is 1. The second-order valence-corrected chi connectivity index (χ2v) is 7.45. The van der Waals surface area contributed by atoms with Crippen molar-refractivity contribution in [1.29, 1.82) is 0 Å². The molecule has 1 amide bonds. The summed E-state index contributed by atoms with van der Waals surface area (Å²) in [5.74, 6) is -0.315. The van der Waals surface area contributed by atoms with Gasteiger partial charge in [-0.25, -0.2) is 0 Å². The zero-order valence-corrected chi connectivity index (χ0v) is 16.4. The first-order valence-corrected chi connectivity index (χ1v) is 10.1. The van der Waals surface area contributed by atoms with Crippen molar-refractivity contribution in [2.24, 2.45) is 5.92 Å². The number of aromatic nitrogens is 4. The quantitative estimate of drug-likeness (QED) is 0.533. The first-order chi connectivity index (χ1) is 13.1. The molecule has 0 N–H and O–H groups in total. The molecule has 8 nitrogen and oxygen atoms in total. The molecule has 0 saturated carbocycles. The zero-order chi connectivity index (χ0) is 19.2. The average molecular weight is 410 g/mol. The molecule has 1 aliphatic heterocycles. The minimum absolute atomic E-state index is 0.0420. The number of hydrogen-bond donors (Lipinski definition) is 0. The number of halogens is 1. The number of thioether (sulfide) groups is 1. The molecular formula is C17H20ClN5O3S. The minimum atomic E-state index is -0.243. The highest BCUT2D eigenvalue weighted by atomic mass is 35.5. The molecular weight excluding hydrogens is 390 g/mol. The Hall–Kier alpha value is -2.13. The van der Waals surface area contributed by atoms with Gasteiger partial charge in [0.2, 0.25) is 11.1 Å². The van der Waals surface area contributed by atoms with Gasteiger partial charge in [0, 0.05) is 18.1 Å². The number of esters is 1. The summed E-state index contributed by atoms with van der Waals surface area (Å²) in [6.45, 7) is 3.19. The van der Waals surface area contributed by atoms with Crippen LogP contribution in [-0.4, -0.2) is 62.4 Å². The van der Waals surface area contributed by atoms with Gasteiger partial charge in [0.15, 0.2) is 0 Å². The Morgan fingerprint density at radius 1 is 1.33 bits per heavy atom. The van der Waals surface area contributed by atoms with Crippen molar-refractivity contribution < 1.29 is 14.3 Å².